The third-order valence-corrected chi connectivity index (χ3v) is 2.79. The van der Waals surface area contributed by atoms with Gasteiger partial charge in [0.15, 0.2) is 6.10 Å². The van der Waals surface area contributed by atoms with Crippen LogP contribution < -0.4 is 0 Å². The van der Waals surface area contributed by atoms with Crippen molar-refractivity contribution in [3.63, 3.8) is 0 Å². The van der Waals surface area contributed by atoms with Gasteiger partial charge >= 0.3 is 17.9 Å². The molecule has 1 aromatic carbocycles. The molecule has 1 atom stereocenters. The van der Waals surface area contributed by atoms with Crippen LogP contribution in [0.2, 0.25) is 0 Å². The Morgan fingerprint density at radius 1 is 1.24 bits per heavy atom. The Bertz CT molecular complexity index is 550. The van der Waals surface area contributed by atoms with Crippen LogP contribution in [-0.4, -0.2) is 39.8 Å². The van der Waals surface area contributed by atoms with Gasteiger partial charge in [-0.1, -0.05) is 12.1 Å². The summed E-state index contributed by atoms with van der Waals surface area (Å²) < 4.78 is 4.86. The van der Waals surface area contributed by atoms with E-state index in [4.69, 9.17) is 14.9 Å². The van der Waals surface area contributed by atoms with E-state index in [1.54, 1.807) is 6.92 Å². The van der Waals surface area contributed by atoms with Gasteiger partial charge in [-0.25, -0.2) is 9.59 Å². The zero-order valence-electron chi connectivity index (χ0n) is 11.4. The molecular formula is C14H16O7. The Morgan fingerprint density at radius 2 is 1.90 bits per heavy atom. The molecule has 1 rings (SSSR count). The van der Waals surface area contributed by atoms with Gasteiger partial charge in [-0.3, -0.25) is 4.79 Å². The van der Waals surface area contributed by atoms with Crippen molar-refractivity contribution in [2.45, 2.75) is 25.9 Å². The largest absolute Gasteiger partial charge is 0.481 e. The number of carboxylic acids is 2. The summed E-state index contributed by atoms with van der Waals surface area (Å²) in [4.78, 5) is 33.2. The number of esters is 1. The van der Waals surface area contributed by atoms with E-state index in [1.165, 1.54) is 18.2 Å². The van der Waals surface area contributed by atoms with E-state index < -0.39 is 24.0 Å². The van der Waals surface area contributed by atoms with E-state index >= 15 is 0 Å². The van der Waals surface area contributed by atoms with Crippen LogP contribution in [0.4, 0.5) is 0 Å². The van der Waals surface area contributed by atoms with Gasteiger partial charge in [0.2, 0.25) is 0 Å². The smallest absolute Gasteiger partial charge is 0.338 e. The minimum Gasteiger partial charge on any atom is -0.481 e. The first-order chi connectivity index (χ1) is 9.86. The van der Waals surface area contributed by atoms with Crippen LogP contribution in [0.15, 0.2) is 18.2 Å². The minimum absolute atomic E-state index is 0.0321. The maximum Gasteiger partial charge on any atom is 0.338 e. The second-order valence-electron chi connectivity index (χ2n) is 4.27. The fourth-order valence-corrected chi connectivity index (χ4v) is 1.77. The standard InChI is InChI=1S/C14H16O7/c1-2-21-14(20)10-7-9(12(17)13(18)19)4-3-8(10)5-6-11(15)16/h3-4,7,12,17H,2,5-6H2,1H3,(H,15,16)(H,18,19). The average Bonchev–Trinajstić information content (AvgIpc) is 2.44. The number of ether oxygens (including phenoxy) is 1. The molecule has 0 saturated carbocycles. The number of carbonyl (C=O) groups is 3. The van der Waals surface area contributed by atoms with Gasteiger partial charge in [0.25, 0.3) is 0 Å². The number of aliphatic hydroxyl groups is 1. The molecule has 0 spiro atoms. The van der Waals surface area contributed by atoms with Crippen molar-refractivity contribution in [2.24, 2.45) is 0 Å². The molecule has 0 saturated heterocycles. The molecule has 21 heavy (non-hydrogen) atoms. The van der Waals surface area contributed by atoms with E-state index in [-0.39, 0.29) is 30.6 Å². The lowest BCUT2D eigenvalue weighted by Crippen LogP contribution is -2.14. The van der Waals surface area contributed by atoms with Crippen LogP contribution in [0.25, 0.3) is 0 Å². The Hall–Kier alpha value is -2.41. The molecule has 0 amide bonds. The summed E-state index contributed by atoms with van der Waals surface area (Å²) in [7, 11) is 0. The minimum atomic E-state index is -1.76. The lowest BCUT2D eigenvalue weighted by Gasteiger charge is -2.12. The number of carboxylic acid groups (broad SMARTS) is 2. The van der Waals surface area contributed by atoms with Gasteiger partial charge in [0.1, 0.15) is 0 Å². The SMILES string of the molecule is CCOC(=O)c1cc(C(O)C(=O)O)ccc1CCC(=O)O. The molecule has 0 aliphatic carbocycles. The fourth-order valence-electron chi connectivity index (χ4n) is 1.77. The number of benzene rings is 1. The normalized spacial score (nSPS) is 11.7. The Morgan fingerprint density at radius 3 is 2.43 bits per heavy atom. The summed E-state index contributed by atoms with van der Waals surface area (Å²) in [6, 6.07) is 3.99. The van der Waals surface area contributed by atoms with Crippen molar-refractivity contribution in [2.75, 3.05) is 6.61 Å². The highest BCUT2D eigenvalue weighted by Crippen LogP contribution is 2.20. The van der Waals surface area contributed by atoms with Gasteiger partial charge in [-0.15, -0.1) is 0 Å². The first-order valence-electron chi connectivity index (χ1n) is 6.29. The summed E-state index contributed by atoms with van der Waals surface area (Å²) in [5.41, 5.74) is 0.526. The summed E-state index contributed by atoms with van der Waals surface area (Å²) >= 11 is 0. The Balaban J connectivity index is 3.15. The molecule has 114 valence electrons. The average molecular weight is 296 g/mol. The third-order valence-electron chi connectivity index (χ3n) is 2.79. The molecule has 0 fully saturated rings. The maximum atomic E-state index is 11.9. The van der Waals surface area contributed by atoms with Crippen molar-refractivity contribution in [1.82, 2.24) is 0 Å². The molecule has 1 aromatic rings. The second kappa shape index (κ2) is 7.39. The summed E-state index contributed by atoms with van der Waals surface area (Å²) in [6.07, 6.45) is -1.83. The zero-order chi connectivity index (χ0) is 16.0. The topological polar surface area (TPSA) is 121 Å². The lowest BCUT2D eigenvalue weighted by atomic mass is 9.98. The lowest BCUT2D eigenvalue weighted by molar-refractivity contribution is -0.147. The molecule has 7 nitrogen and oxygen atoms in total. The van der Waals surface area contributed by atoms with Crippen LogP contribution in [0.1, 0.15) is 40.9 Å². The predicted molar refractivity (Wildman–Crippen MR) is 71.0 cm³/mol. The number of rotatable bonds is 7. The number of aliphatic hydroxyl groups excluding tert-OH is 1. The zero-order valence-corrected chi connectivity index (χ0v) is 11.4. The van der Waals surface area contributed by atoms with Crippen LogP contribution in [0.5, 0.6) is 0 Å². The molecule has 7 heteroatoms. The van der Waals surface area contributed by atoms with Gasteiger partial charge in [0, 0.05) is 6.42 Å². The van der Waals surface area contributed by atoms with E-state index in [9.17, 15) is 19.5 Å². The monoisotopic (exact) mass is 296 g/mol. The van der Waals surface area contributed by atoms with Gasteiger partial charge < -0.3 is 20.1 Å². The second-order valence-corrected chi connectivity index (χ2v) is 4.27. The summed E-state index contributed by atoms with van der Waals surface area (Å²) in [5, 5.41) is 27.0. The Labute approximate surface area is 120 Å². The molecule has 0 aliphatic heterocycles. The Kier molecular flexibility index (Phi) is 5.86. The molecule has 0 aromatic heterocycles. The van der Waals surface area contributed by atoms with Gasteiger partial charge in [-0.2, -0.15) is 0 Å². The molecule has 0 aliphatic rings. The van der Waals surface area contributed by atoms with Gasteiger partial charge in [-0.05, 0) is 30.5 Å². The van der Waals surface area contributed by atoms with Crippen molar-refractivity contribution in [3.8, 4) is 0 Å². The van der Waals surface area contributed by atoms with Crippen LogP contribution in [0.3, 0.4) is 0 Å². The van der Waals surface area contributed by atoms with Gasteiger partial charge in [0.05, 0.1) is 12.2 Å². The van der Waals surface area contributed by atoms with E-state index in [2.05, 4.69) is 0 Å². The van der Waals surface area contributed by atoms with Crippen LogP contribution in [0, 0.1) is 0 Å². The number of aliphatic carboxylic acids is 2. The quantitative estimate of drug-likeness (QED) is 0.642. The van der Waals surface area contributed by atoms with Crippen molar-refractivity contribution < 1.29 is 34.4 Å². The summed E-state index contributed by atoms with van der Waals surface area (Å²) in [5.74, 6) is -3.14. The molecule has 1 unspecified atom stereocenters. The van der Waals surface area contributed by atoms with E-state index in [0.29, 0.717) is 5.56 Å². The highest BCUT2D eigenvalue weighted by Gasteiger charge is 2.20. The predicted octanol–water partition coefficient (Wildman–Crippen LogP) is 0.998. The number of aryl methyl sites for hydroxylation is 1. The maximum absolute atomic E-state index is 11.9. The third kappa shape index (κ3) is 4.57. The van der Waals surface area contributed by atoms with Crippen LogP contribution >= 0.6 is 0 Å². The number of hydrogen-bond donors (Lipinski definition) is 3. The van der Waals surface area contributed by atoms with E-state index in [0.717, 1.165) is 0 Å². The number of carbonyl (C=O) groups excluding carboxylic acids is 1. The number of hydrogen-bond acceptors (Lipinski definition) is 5. The highest BCUT2D eigenvalue weighted by molar-refractivity contribution is 5.92. The first-order valence-corrected chi connectivity index (χ1v) is 6.29. The van der Waals surface area contributed by atoms with Crippen LogP contribution in [-0.2, 0) is 20.7 Å². The first kappa shape index (κ1) is 16.6. The molecule has 0 bridgehead atoms. The molecule has 0 heterocycles. The fraction of sp³-hybridized carbons (Fsp3) is 0.357. The van der Waals surface area contributed by atoms with Crippen molar-refractivity contribution >= 4 is 17.9 Å². The summed E-state index contributed by atoms with van der Waals surface area (Å²) in [6.45, 7) is 1.74. The molecule has 0 radical (unpaired) electrons. The van der Waals surface area contributed by atoms with Crippen molar-refractivity contribution in [3.05, 3.63) is 34.9 Å². The van der Waals surface area contributed by atoms with E-state index in [1.807, 2.05) is 0 Å². The molecule has 3 N–H and O–H groups in total. The van der Waals surface area contributed by atoms with Crippen molar-refractivity contribution in [1.29, 1.82) is 0 Å². The highest BCUT2D eigenvalue weighted by atomic mass is 16.5. The molecular weight excluding hydrogens is 280 g/mol.